The Labute approximate surface area is 343 Å². The van der Waals surface area contributed by atoms with Gasteiger partial charge in [0.2, 0.25) is 0 Å². The zero-order chi connectivity index (χ0) is 40.8. The maximum Gasteiger partial charge on any atom is 0.338 e. The molecule has 0 aliphatic rings. The van der Waals surface area contributed by atoms with Crippen LogP contribution >= 0.6 is 0 Å². The van der Waals surface area contributed by atoms with Crippen LogP contribution in [0, 0.1) is 0 Å². The van der Waals surface area contributed by atoms with Gasteiger partial charge in [-0.25, -0.2) is 28.3 Å². The summed E-state index contributed by atoms with van der Waals surface area (Å²) in [6.45, 7) is 2.78. The van der Waals surface area contributed by atoms with Crippen molar-refractivity contribution in [3.63, 3.8) is 0 Å². The van der Waals surface area contributed by atoms with E-state index in [0.29, 0.717) is 12.4 Å². The molecule has 0 fully saturated rings. The van der Waals surface area contributed by atoms with Crippen LogP contribution in [0.4, 0.5) is 11.4 Å². The molecule has 4 aromatic heterocycles. The van der Waals surface area contributed by atoms with E-state index in [0.717, 1.165) is 55.0 Å². The van der Waals surface area contributed by atoms with Gasteiger partial charge in [0, 0.05) is 66.1 Å². The largest absolute Gasteiger partial charge is 0.494 e. The fraction of sp³-hybridized carbons (Fsp3) is 0.167. The first-order valence-corrected chi connectivity index (χ1v) is 19.4. The normalized spacial score (nSPS) is 11.0. The quantitative estimate of drug-likeness (QED) is 0.0433. The molecule has 0 saturated heterocycles. The number of pyridine rings is 4. The second-order valence-electron chi connectivity index (χ2n) is 13.9. The summed E-state index contributed by atoms with van der Waals surface area (Å²) >= 11 is 0. The molecule has 0 unspecified atom stereocenters. The number of benzene rings is 3. The van der Waals surface area contributed by atoms with Gasteiger partial charge in [0.1, 0.15) is 12.3 Å². The molecule has 4 heterocycles. The molecule has 0 aliphatic carbocycles. The molecule has 0 atom stereocenters. The van der Waals surface area contributed by atoms with Crippen LogP contribution in [-0.4, -0.2) is 32.8 Å². The summed E-state index contributed by atoms with van der Waals surface area (Å²) in [5, 5.41) is 8.92. The predicted octanol–water partition coefficient (Wildman–Crippen LogP) is 7.64. The van der Waals surface area contributed by atoms with Gasteiger partial charge in [0.05, 0.1) is 43.3 Å². The number of esters is 2. The first kappa shape index (κ1) is 39.8. The average molecular weight is 787 g/mol. The van der Waals surface area contributed by atoms with Gasteiger partial charge in [-0.15, -0.1) is 0 Å². The van der Waals surface area contributed by atoms with Gasteiger partial charge in [-0.2, -0.15) is 10.2 Å². The third-order valence-corrected chi connectivity index (χ3v) is 9.77. The molecule has 0 radical (unpaired) electrons. The van der Waals surface area contributed by atoms with Gasteiger partial charge in [-0.1, -0.05) is 24.3 Å². The van der Waals surface area contributed by atoms with E-state index in [1.807, 2.05) is 36.7 Å². The fourth-order valence-electron chi connectivity index (χ4n) is 6.50. The highest BCUT2D eigenvalue weighted by molar-refractivity contribution is 5.96. The van der Waals surface area contributed by atoms with Gasteiger partial charge in [0.25, 0.3) is 0 Å². The van der Waals surface area contributed by atoms with E-state index in [9.17, 15) is 9.59 Å². The number of carbonyl (C=O) groups is 2. The van der Waals surface area contributed by atoms with Gasteiger partial charge in [-0.3, -0.25) is 0 Å². The molecular weight excluding hydrogens is 741 g/mol. The van der Waals surface area contributed by atoms with Gasteiger partial charge in [0.15, 0.2) is 62.7 Å². The highest BCUT2D eigenvalue weighted by atomic mass is 16.5. The standard InChI is InChI=1S/C48H45N6O5/c1-57-47(55)42-31-43(48(56)58-2)33-46(32-42)59-30-4-3-23-52-24-15-40(16-25-52)41-19-28-54(29-20-41)35-37-7-11-45(12-8-37)51-50-44-9-5-36(6-10-44)34-53-26-17-39(18-27-53)38-13-21-49-22-14-38/h5-22,24-29,31-33H,3-4,23,30,34-35H2,1-2H3/q+3/p+1. The number of ether oxygens (including phenoxy) is 3. The lowest BCUT2D eigenvalue weighted by Gasteiger charge is -2.09. The van der Waals surface area contributed by atoms with E-state index < -0.39 is 11.9 Å². The minimum atomic E-state index is -0.549. The van der Waals surface area contributed by atoms with E-state index in [1.165, 1.54) is 42.5 Å². The number of carbonyl (C=O) groups excluding carboxylic acids is 2. The summed E-state index contributed by atoms with van der Waals surface area (Å²) in [5.41, 5.74) is 9.09. The minimum absolute atomic E-state index is 0.231. The number of methoxy groups -OCH3 is 2. The maximum atomic E-state index is 12.0. The highest BCUT2D eigenvalue weighted by Gasteiger charge is 2.15. The van der Waals surface area contributed by atoms with Crippen LogP contribution in [0.1, 0.15) is 44.7 Å². The van der Waals surface area contributed by atoms with Crippen LogP contribution in [0.2, 0.25) is 0 Å². The number of hydrogen-bond acceptors (Lipinski definition) is 7. The third kappa shape index (κ3) is 11.1. The van der Waals surface area contributed by atoms with Crippen molar-refractivity contribution in [2.45, 2.75) is 32.5 Å². The van der Waals surface area contributed by atoms with Crippen LogP contribution in [0.3, 0.4) is 0 Å². The molecule has 0 spiro atoms. The van der Waals surface area contributed by atoms with Gasteiger partial charge in [-0.05, 0) is 71.1 Å². The summed E-state index contributed by atoms with van der Waals surface area (Å²) in [6.07, 6.45) is 18.1. The number of rotatable bonds is 16. The highest BCUT2D eigenvalue weighted by Crippen LogP contribution is 2.22. The molecule has 0 aliphatic heterocycles. The van der Waals surface area contributed by atoms with Crippen LogP contribution in [-0.2, 0) is 29.1 Å². The minimum Gasteiger partial charge on any atom is -0.494 e. The van der Waals surface area contributed by atoms with Crippen molar-refractivity contribution >= 4 is 23.3 Å². The number of hydrogen-bond donors (Lipinski definition) is 0. The van der Waals surface area contributed by atoms with Crippen LogP contribution in [0.25, 0.3) is 22.3 Å². The van der Waals surface area contributed by atoms with Crippen molar-refractivity contribution in [1.82, 2.24) is 0 Å². The monoisotopic (exact) mass is 786 g/mol. The molecule has 0 bridgehead atoms. The van der Waals surface area contributed by atoms with E-state index in [2.05, 4.69) is 139 Å². The summed E-state index contributed by atoms with van der Waals surface area (Å²) in [5.74, 6) is -0.680. The third-order valence-electron chi connectivity index (χ3n) is 9.77. The van der Waals surface area contributed by atoms with Gasteiger partial charge >= 0.3 is 11.9 Å². The number of H-pyrrole nitrogens is 1. The Hall–Kier alpha value is -7.40. The van der Waals surface area contributed by atoms with Crippen molar-refractivity contribution < 1.29 is 42.5 Å². The Morgan fingerprint density at radius 1 is 0.525 bits per heavy atom. The zero-order valence-electron chi connectivity index (χ0n) is 33.1. The number of aromatic nitrogens is 4. The number of azo groups is 1. The molecule has 1 N–H and O–H groups in total. The Bertz CT molecular complexity index is 2460. The second kappa shape index (κ2) is 19.6. The molecule has 3 aromatic carbocycles. The average Bonchev–Trinajstić information content (AvgIpc) is 3.29. The Kier molecular flexibility index (Phi) is 13.3. The summed E-state index contributed by atoms with van der Waals surface area (Å²) < 4.78 is 21.9. The lowest BCUT2D eigenvalue weighted by atomic mass is 10.1. The first-order valence-electron chi connectivity index (χ1n) is 19.4. The lowest BCUT2D eigenvalue weighted by molar-refractivity contribution is -0.697. The molecule has 11 nitrogen and oxygen atoms in total. The summed E-state index contributed by atoms with van der Waals surface area (Å²) in [7, 11) is 2.58. The molecule has 7 rings (SSSR count). The molecular formula is C48H46N6O5+4. The van der Waals surface area contributed by atoms with Crippen molar-refractivity contribution in [1.29, 1.82) is 0 Å². The van der Waals surface area contributed by atoms with E-state index in [-0.39, 0.29) is 11.1 Å². The Morgan fingerprint density at radius 2 is 0.949 bits per heavy atom. The smallest absolute Gasteiger partial charge is 0.338 e. The molecule has 59 heavy (non-hydrogen) atoms. The Morgan fingerprint density at radius 3 is 1.39 bits per heavy atom. The number of aromatic amines is 1. The SMILES string of the molecule is COC(=O)c1cc(OCCCC[n+]2ccc(-c3cc[n+](Cc4ccc(N=Nc5ccc(C[n+]6ccc(-c7cc[nH+]cc7)cc6)cc5)cc4)cc3)cc2)cc(C(=O)OC)c1. The number of nitrogens with zero attached hydrogens (tertiary/aromatic N) is 5. The van der Waals surface area contributed by atoms with Crippen LogP contribution in [0.5, 0.6) is 5.75 Å². The van der Waals surface area contributed by atoms with Crippen LogP contribution < -0.4 is 23.4 Å². The van der Waals surface area contributed by atoms with Crippen LogP contribution in [0.15, 0.2) is 175 Å². The molecule has 7 aromatic rings. The number of unbranched alkanes of at least 4 members (excludes halogenated alkanes) is 1. The van der Waals surface area contributed by atoms with E-state index in [4.69, 9.17) is 14.2 Å². The first-order chi connectivity index (χ1) is 28.9. The van der Waals surface area contributed by atoms with E-state index in [1.54, 1.807) is 12.1 Å². The second-order valence-corrected chi connectivity index (χ2v) is 13.9. The molecule has 0 amide bonds. The Balaban J connectivity index is 0.841. The molecule has 11 heteroatoms. The molecule has 294 valence electrons. The zero-order valence-corrected chi connectivity index (χ0v) is 33.1. The van der Waals surface area contributed by atoms with Crippen molar-refractivity contribution in [3.05, 3.63) is 187 Å². The fourth-order valence-corrected chi connectivity index (χ4v) is 6.50. The summed E-state index contributed by atoms with van der Waals surface area (Å²) in [6, 6.07) is 37.8. The summed E-state index contributed by atoms with van der Waals surface area (Å²) in [4.78, 5) is 27.1. The number of nitrogens with one attached hydrogen (secondary N) is 1. The maximum absolute atomic E-state index is 12.0. The topological polar surface area (TPSA) is 112 Å². The van der Waals surface area contributed by atoms with Crippen molar-refractivity contribution in [3.8, 4) is 28.0 Å². The predicted molar refractivity (Wildman–Crippen MR) is 220 cm³/mol. The van der Waals surface area contributed by atoms with Crippen molar-refractivity contribution in [2.75, 3.05) is 20.8 Å². The van der Waals surface area contributed by atoms with E-state index >= 15 is 0 Å². The number of aryl methyl sites for hydroxylation is 1. The van der Waals surface area contributed by atoms with Gasteiger partial charge < -0.3 is 14.2 Å². The van der Waals surface area contributed by atoms with Crippen molar-refractivity contribution in [2.24, 2.45) is 10.2 Å². The molecule has 0 saturated carbocycles. The lowest BCUT2D eigenvalue weighted by Crippen LogP contribution is -2.33.